The maximum absolute atomic E-state index is 10.2. The van der Waals surface area contributed by atoms with Crippen LogP contribution in [0.15, 0.2) is 12.7 Å². The molecule has 1 aliphatic carbocycles. The van der Waals surface area contributed by atoms with Crippen LogP contribution in [-0.4, -0.2) is 55.0 Å². The Kier molecular flexibility index (Phi) is 3.28. The molecule has 2 aromatic rings. The van der Waals surface area contributed by atoms with Crippen molar-refractivity contribution in [3.8, 4) is 0 Å². The first kappa shape index (κ1) is 13.2. The number of hydrogen-bond donors (Lipinski definition) is 4. The maximum atomic E-state index is 10.2. The van der Waals surface area contributed by atoms with Crippen LogP contribution >= 0.6 is 0 Å². The number of nitrogens with two attached hydrogens (primary N) is 1. The van der Waals surface area contributed by atoms with Gasteiger partial charge in [-0.3, -0.25) is 0 Å². The number of anilines is 1. The van der Waals surface area contributed by atoms with Gasteiger partial charge in [-0.05, 0) is 12.8 Å². The summed E-state index contributed by atoms with van der Waals surface area (Å²) in [5, 5.41) is 23.1. The van der Waals surface area contributed by atoms with E-state index in [0.29, 0.717) is 29.8 Å². The van der Waals surface area contributed by atoms with E-state index in [0.717, 1.165) is 0 Å². The lowest BCUT2D eigenvalue weighted by Crippen LogP contribution is -2.50. The topological polar surface area (TPSA) is 122 Å². The van der Waals surface area contributed by atoms with Gasteiger partial charge in [0.2, 0.25) is 0 Å². The Morgan fingerprint density at radius 2 is 2.05 bits per heavy atom. The summed E-state index contributed by atoms with van der Waals surface area (Å²) in [4.78, 5) is 12.6. The summed E-state index contributed by atoms with van der Waals surface area (Å²) in [6, 6.07) is -0.673. The van der Waals surface area contributed by atoms with Crippen molar-refractivity contribution < 1.29 is 10.2 Å². The van der Waals surface area contributed by atoms with E-state index in [1.807, 2.05) is 0 Å². The van der Waals surface area contributed by atoms with E-state index < -0.39 is 18.2 Å². The van der Waals surface area contributed by atoms with E-state index in [-0.39, 0.29) is 6.04 Å². The number of rotatable bonds is 2. The predicted molar refractivity (Wildman–Crippen MR) is 73.1 cm³/mol. The molecule has 4 atom stereocenters. The van der Waals surface area contributed by atoms with E-state index in [1.165, 1.54) is 6.33 Å². The Balaban J connectivity index is 2.02. The molecule has 0 aromatic carbocycles. The zero-order chi connectivity index (χ0) is 14.3. The quantitative estimate of drug-likeness (QED) is 0.570. The molecule has 108 valence electrons. The van der Waals surface area contributed by atoms with Crippen LogP contribution < -0.4 is 11.1 Å². The van der Waals surface area contributed by atoms with Crippen molar-refractivity contribution >= 4 is 17.0 Å². The van der Waals surface area contributed by atoms with Gasteiger partial charge < -0.3 is 25.8 Å². The predicted octanol–water partition coefficient (Wildman–Crippen LogP) is -0.748. The van der Waals surface area contributed by atoms with Gasteiger partial charge in [-0.15, -0.1) is 0 Å². The van der Waals surface area contributed by atoms with Crippen LogP contribution in [0.25, 0.3) is 11.2 Å². The molecule has 20 heavy (non-hydrogen) atoms. The molecule has 8 nitrogen and oxygen atoms in total. The van der Waals surface area contributed by atoms with Gasteiger partial charge in [-0.25, -0.2) is 15.0 Å². The molecule has 0 bridgehead atoms. The molecule has 0 spiro atoms. The third-order valence-corrected chi connectivity index (χ3v) is 3.93. The van der Waals surface area contributed by atoms with Crippen LogP contribution in [0, 0.1) is 0 Å². The van der Waals surface area contributed by atoms with Gasteiger partial charge >= 0.3 is 0 Å². The molecule has 8 heteroatoms. The second kappa shape index (κ2) is 4.97. The highest BCUT2D eigenvalue weighted by Crippen LogP contribution is 2.31. The van der Waals surface area contributed by atoms with E-state index in [4.69, 9.17) is 5.73 Å². The summed E-state index contributed by atoms with van der Waals surface area (Å²) < 4.78 is 1.79. The number of aliphatic hydroxyl groups is 2. The Morgan fingerprint density at radius 1 is 1.25 bits per heavy atom. The first-order valence-electron chi connectivity index (χ1n) is 6.60. The first-order valence-corrected chi connectivity index (χ1v) is 6.60. The van der Waals surface area contributed by atoms with Crippen molar-refractivity contribution in [2.24, 2.45) is 5.73 Å². The van der Waals surface area contributed by atoms with Gasteiger partial charge in [0.1, 0.15) is 17.9 Å². The van der Waals surface area contributed by atoms with Crippen LogP contribution in [0.1, 0.15) is 18.9 Å². The molecule has 0 amide bonds. The van der Waals surface area contributed by atoms with E-state index in [2.05, 4.69) is 20.3 Å². The van der Waals surface area contributed by atoms with Crippen LogP contribution in [0.2, 0.25) is 0 Å². The fraction of sp³-hybridized carbons (Fsp3) is 0.583. The van der Waals surface area contributed by atoms with E-state index >= 15 is 0 Å². The van der Waals surface area contributed by atoms with Crippen molar-refractivity contribution in [1.82, 2.24) is 19.5 Å². The van der Waals surface area contributed by atoms with Crippen molar-refractivity contribution in [2.75, 3.05) is 12.4 Å². The smallest absolute Gasteiger partial charge is 0.165 e. The SMILES string of the molecule is CNc1ncnc2c1ncn2[C@@H]1CC[C@@H](N)[C@H](O)[C@H]1O. The van der Waals surface area contributed by atoms with Crippen molar-refractivity contribution in [3.63, 3.8) is 0 Å². The average molecular weight is 278 g/mol. The largest absolute Gasteiger partial charge is 0.389 e. The third kappa shape index (κ3) is 1.92. The Hall–Kier alpha value is -1.77. The average Bonchev–Trinajstić information content (AvgIpc) is 2.89. The van der Waals surface area contributed by atoms with Gasteiger partial charge in [0, 0.05) is 13.1 Å². The molecule has 0 saturated heterocycles. The molecule has 3 rings (SSSR count). The van der Waals surface area contributed by atoms with Gasteiger partial charge in [0.25, 0.3) is 0 Å². The maximum Gasteiger partial charge on any atom is 0.165 e. The number of nitrogens with one attached hydrogen (secondary N) is 1. The molecule has 0 unspecified atom stereocenters. The van der Waals surface area contributed by atoms with Gasteiger partial charge in [0.05, 0.1) is 18.5 Å². The van der Waals surface area contributed by atoms with Crippen LogP contribution in [0.3, 0.4) is 0 Å². The van der Waals surface area contributed by atoms with Crippen molar-refractivity contribution in [1.29, 1.82) is 0 Å². The van der Waals surface area contributed by atoms with Crippen molar-refractivity contribution in [3.05, 3.63) is 12.7 Å². The summed E-state index contributed by atoms with van der Waals surface area (Å²) in [5.74, 6) is 0.635. The Morgan fingerprint density at radius 3 is 2.80 bits per heavy atom. The Labute approximate surface area is 115 Å². The number of aromatic nitrogens is 4. The molecule has 1 fully saturated rings. The highest BCUT2D eigenvalue weighted by Gasteiger charge is 2.37. The zero-order valence-corrected chi connectivity index (χ0v) is 11.1. The highest BCUT2D eigenvalue weighted by atomic mass is 16.3. The summed E-state index contributed by atoms with van der Waals surface area (Å²) in [6.45, 7) is 0. The molecule has 1 saturated carbocycles. The molecule has 0 aliphatic heterocycles. The number of hydrogen-bond acceptors (Lipinski definition) is 7. The number of nitrogens with zero attached hydrogens (tertiary/aromatic N) is 4. The molecular weight excluding hydrogens is 260 g/mol. The molecule has 2 heterocycles. The highest BCUT2D eigenvalue weighted by molar-refractivity contribution is 5.82. The van der Waals surface area contributed by atoms with Gasteiger partial charge in [0.15, 0.2) is 11.5 Å². The molecule has 2 aromatic heterocycles. The minimum Gasteiger partial charge on any atom is -0.389 e. The second-order valence-corrected chi connectivity index (χ2v) is 5.09. The normalized spacial score (nSPS) is 30.6. The fourth-order valence-corrected chi connectivity index (χ4v) is 2.77. The first-order chi connectivity index (χ1) is 9.63. The Bertz CT molecular complexity index is 615. The monoisotopic (exact) mass is 278 g/mol. The molecule has 5 N–H and O–H groups in total. The fourth-order valence-electron chi connectivity index (χ4n) is 2.77. The summed E-state index contributed by atoms with van der Waals surface area (Å²) in [7, 11) is 1.76. The lowest BCUT2D eigenvalue weighted by Gasteiger charge is -2.36. The number of fused-ring (bicyclic) bond motifs is 1. The standard InChI is InChI=1S/C12H18N6O2/c1-14-11-8-12(16-4-15-11)18(5-17-8)7-3-2-6(13)9(19)10(7)20/h4-7,9-10,19-20H,2-3,13H2,1H3,(H,14,15,16)/t6-,7-,9+,10+/m1/s1. The minimum atomic E-state index is -0.934. The van der Waals surface area contributed by atoms with Crippen LogP contribution in [-0.2, 0) is 0 Å². The summed E-state index contributed by atoms with van der Waals surface area (Å²) >= 11 is 0. The minimum absolute atomic E-state index is 0.283. The van der Waals surface area contributed by atoms with Crippen LogP contribution in [0.4, 0.5) is 5.82 Å². The third-order valence-electron chi connectivity index (χ3n) is 3.93. The summed E-state index contributed by atoms with van der Waals surface area (Å²) in [6.07, 6.45) is 2.53. The molecule has 1 aliphatic rings. The van der Waals surface area contributed by atoms with Crippen LogP contribution in [0.5, 0.6) is 0 Å². The van der Waals surface area contributed by atoms with E-state index in [1.54, 1.807) is 17.9 Å². The summed E-state index contributed by atoms with van der Waals surface area (Å²) in [5.41, 5.74) is 7.05. The van der Waals surface area contributed by atoms with Gasteiger partial charge in [-0.1, -0.05) is 0 Å². The number of imidazole rings is 1. The van der Waals surface area contributed by atoms with Crippen molar-refractivity contribution in [2.45, 2.75) is 37.1 Å². The zero-order valence-electron chi connectivity index (χ0n) is 11.1. The van der Waals surface area contributed by atoms with E-state index in [9.17, 15) is 10.2 Å². The second-order valence-electron chi connectivity index (χ2n) is 5.09. The lowest BCUT2D eigenvalue weighted by atomic mass is 9.86. The lowest BCUT2D eigenvalue weighted by molar-refractivity contribution is -0.0493. The molecule has 0 radical (unpaired) electrons. The number of aliphatic hydroxyl groups excluding tert-OH is 2. The molecular formula is C12H18N6O2. The van der Waals surface area contributed by atoms with Gasteiger partial charge in [-0.2, -0.15) is 0 Å².